The lowest BCUT2D eigenvalue weighted by molar-refractivity contribution is -0.123. The lowest BCUT2D eigenvalue weighted by Gasteiger charge is -2.17. The molecule has 4 rings (SSSR count). The van der Waals surface area contributed by atoms with Crippen molar-refractivity contribution in [2.75, 3.05) is 19.6 Å². The van der Waals surface area contributed by atoms with Gasteiger partial charge in [-0.25, -0.2) is 4.98 Å². The Labute approximate surface area is 163 Å². The van der Waals surface area contributed by atoms with Crippen molar-refractivity contribution in [2.24, 2.45) is 11.5 Å². The van der Waals surface area contributed by atoms with Gasteiger partial charge in [0, 0.05) is 25.2 Å². The van der Waals surface area contributed by atoms with E-state index >= 15 is 0 Å². The van der Waals surface area contributed by atoms with Crippen LogP contribution in [-0.2, 0) is 11.3 Å². The minimum absolute atomic E-state index is 0.152. The van der Waals surface area contributed by atoms with Crippen LogP contribution < -0.4 is 16.8 Å². The molecule has 2 aliphatic heterocycles. The molecule has 1 saturated heterocycles. The van der Waals surface area contributed by atoms with Gasteiger partial charge in [-0.3, -0.25) is 14.4 Å². The molecule has 1 fully saturated rings. The third kappa shape index (κ3) is 3.04. The highest BCUT2D eigenvalue weighted by Crippen LogP contribution is 2.36. The molecule has 150 valence electrons. The quantitative estimate of drug-likeness (QED) is 0.438. The molecule has 0 unspecified atom stereocenters. The normalized spacial score (nSPS) is 21.7. The number of carbonyl (C=O) groups is 3. The van der Waals surface area contributed by atoms with Crippen molar-refractivity contribution < 1.29 is 14.4 Å². The van der Waals surface area contributed by atoms with E-state index in [2.05, 4.69) is 10.3 Å². The largest absolute Gasteiger partial charge is 0.364 e. The molecule has 3 heterocycles. The molecule has 3 aliphatic rings. The van der Waals surface area contributed by atoms with Gasteiger partial charge in [0.25, 0.3) is 0 Å². The summed E-state index contributed by atoms with van der Waals surface area (Å²) in [6.07, 6.45) is 2.82. The van der Waals surface area contributed by atoms with E-state index in [0.717, 1.165) is 25.9 Å². The maximum absolute atomic E-state index is 12.9. The highest BCUT2D eigenvalue weighted by atomic mass is 16.2. The Hall–Kier alpha value is -2.52. The average Bonchev–Trinajstić information content (AvgIpc) is 3.31. The van der Waals surface area contributed by atoms with Crippen molar-refractivity contribution in [1.29, 1.82) is 0 Å². The molecule has 0 saturated carbocycles. The molecule has 0 bridgehead atoms. The van der Waals surface area contributed by atoms with Crippen LogP contribution >= 0.6 is 0 Å². The molecule has 1 aliphatic carbocycles. The Balaban J connectivity index is 1.54. The van der Waals surface area contributed by atoms with Crippen molar-refractivity contribution in [3.63, 3.8) is 0 Å². The first-order valence-electron chi connectivity index (χ1n) is 9.85. The number of imidazole rings is 1. The fourth-order valence-corrected chi connectivity index (χ4v) is 4.02. The highest BCUT2D eigenvalue weighted by molar-refractivity contribution is 6.25. The molecule has 0 radical (unpaired) electrons. The Morgan fingerprint density at radius 2 is 2.00 bits per heavy atom. The first kappa shape index (κ1) is 18.8. The monoisotopic (exact) mass is 386 g/mol. The second kappa shape index (κ2) is 7.14. The molecule has 0 spiro atoms. The number of hydrogen-bond donors (Lipinski definition) is 3. The molecule has 9 nitrogen and oxygen atoms in total. The molecule has 28 heavy (non-hydrogen) atoms. The van der Waals surface area contributed by atoms with Gasteiger partial charge in [-0.2, -0.15) is 0 Å². The standard InChI is InChI=1S/C19H26N6O3/c1-10-14(24-8-9-24)17(27)13-15(16(10)26)25-7-5-12(18(25)23-13)22-19(28)11(21)4-2-3-6-20/h11-12H,2-9,20-21H2,1H3,(H,22,28)/t11-,12-/m0/s1. The predicted octanol–water partition coefficient (Wildman–Crippen LogP) is -0.131. The lowest BCUT2D eigenvalue weighted by Crippen LogP contribution is -2.42. The minimum atomic E-state index is -0.605. The molecule has 5 N–H and O–H groups in total. The van der Waals surface area contributed by atoms with Crippen LogP contribution in [0.4, 0.5) is 0 Å². The molecule has 1 aromatic rings. The van der Waals surface area contributed by atoms with E-state index < -0.39 is 6.04 Å². The molecule has 2 atom stereocenters. The van der Waals surface area contributed by atoms with Gasteiger partial charge in [-0.15, -0.1) is 0 Å². The number of allylic oxidation sites excluding steroid dienone is 2. The third-order valence-electron chi connectivity index (χ3n) is 5.68. The first-order chi connectivity index (χ1) is 13.4. The summed E-state index contributed by atoms with van der Waals surface area (Å²) in [7, 11) is 0. The molecule has 1 amide bonds. The molecular formula is C19H26N6O3. The molecule has 0 aromatic carbocycles. The number of amides is 1. The number of Topliss-reactive ketones (excluding diaryl/α,β-unsaturated/α-hetero) is 2. The summed E-state index contributed by atoms with van der Waals surface area (Å²) in [6, 6.07) is -0.948. The number of ketones is 2. The van der Waals surface area contributed by atoms with Gasteiger partial charge in [-0.05, 0) is 32.7 Å². The summed E-state index contributed by atoms with van der Waals surface area (Å²) in [5.41, 5.74) is 13.0. The van der Waals surface area contributed by atoms with E-state index in [0.29, 0.717) is 48.7 Å². The maximum Gasteiger partial charge on any atom is 0.237 e. The topological polar surface area (TPSA) is 136 Å². The van der Waals surface area contributed by atoms with Gasteiger partial charge in [0.05, 0.1) is 17.8 Å². The van der Waals surface area contributed by atoms with E-state index in [-0.39, 0.29) is 29.2 Å². The van der Waals surface area contributed by atoms with Gasteiger partial charge in [-0.1, -0.05) is 6.42 Å². The number of hydrogen-bond acceptors (Lipinski definition) is 7. The van der Waals surface area contributed by atoms with Crippen LogP contribution in [0.25, 0.3) is 0 Å². The SMILES string of the molecule is CC1=C(N2CC2)C(=O)c2nc3n(c2C1=O)CC[C@@H]3NC(=O)[C@@H](N)CCCCN. The van der Waals surface area contributed by atoms with E-state index in [1.165, 1.54) is 0 Å². The van der Waals surface area contributed by atoms with Gasteiger partial charge in [0.1, 0.15) is 17.2 Å². The third-order valence-corrected chi connectivity index (χ3v) is 5.68. The van der Waals surface area contributed by atoms with Crippen LogP contribution in [-0.4, -0.2) is 57.6 Å². The number of nitrogens with one attached hydrogen (secondary N) is 1. The smallest absolute Gasteiger partial charge is 0.237 e. The van der Waals surface area contributed by atoms with Crippen LogP contribution in [0, 0.1) is 0 Å². The van der Waals surface area contributed by atoms with Crippen molar-refractivity contribution in [2.45, 2.75) is 51.2 Å². The van der Waals surface area contributed by atoms with Crippen molar-refractivity contribution >= 4 is 17.5 Å². The summed E-state index contributed by atoms with van der Waals surface area (Å²) in [5.74, 6) is -0.0296. The summed E-state index contributed by atoms with van der Waals surface area (Å²) in [5, 5.41) is 2.93. The number of unbranched alkanes of at least 4 members (excludes halogenated alkanes) is 1. The Morgan fingerprint density at radius 3 is 2.68 bits per heavy atom. The Kier molecular flexibility index (Phi) is 4.80. The number of rotatable bonds is 7. The van der Waals surface area contributed by atoms with Gasteiger partial charge in [0.2, 0.25) is 17.5 Å². The zero-order chi connectivity index (χ0) is 20.0. The van der Waals surface area contributed by atoms with Crippen LogP contribution in [0.15, 0.2) is 11.3 Å². The van der Waals surface area contributed by atoms with Gasteiger partial charge >= 0.3 is 0 Å². The summed E-state index contributed by atoms with van der Waals surface area (Å²) in [6.45, 7) is 4.39. The number of fused-ring (bicyclic) bond motifs is 3. The van der Waals surface area contributed by atoms with Crippen molar-refractivity contribution in [3.05, 3.63) is 28.5 Å². The van der Waals surface area contributed by atoms with Crippen LogP contribution in [0.1, 0.15) is 65.5 Å². The van der Waals surface area contributed by atoms with Crippen LogP contribution in [0.3, 0.4) is 0 Å². The summed E-state index contributed by atoms with van der Waals surface area (Å²) in [4.78, 5) is 44.6. The molecule has 9 heteroatoms. The first-order valence-corrected chi connectivity index (χ1v) is 9.85. The Morgan fingerprint density at radius 1 is 1.25 bits per heavy atom. The zero-order valence-corrected chi connectivity index (χ0v) is 16.0. The minimum Gasteiger partial charge on any atom is -0.364 e. The second-order valence-electron chi connectivity index (χ2n) is 7.68. The number of aromatic nitrogens is 2. The van der Waals surface area contributed by atoms with Gasteiger partial charge < -0.3 is 26.3 Å². The van der Waals surface area contributed by atoms with Crippen molar-refractivity contribution in [3.8, 4) is 0 Å². The van der Waals surface area contributed by atoms with E-state index in [4.69, 9.17) is 11.5 Å². The highest BCUT2D eigenvalue weighted by Gasteiger charge is 2.43. The predicted molar refractivity (Wildman–Crippen MR) is 102 cm³/mol. The average molecular weight is 386 g/mol. The van der Waals surface area contributed by atoms with E-state index in [1.54, 1.807) is 11.5 Å². The fraction of sp³-hybridized carbons (Fsp3) is 0.579. The molecule has 1 aromatic heterocycles. The summed E-state index contributed by atoms with van der Waals surface area (Å²) < 4.78 is 1.78. The number of nitrogens with two attached hydrogens (primary N) is 2. The molecular weight excluding hydrogens is 360 g/mol. The van der Waals surface area contributed by atoms with E-state index in [1.807, 2.05) is 4.90 Å². The Bertz CT molecular complexity index is 882. The second-order valence-corrected chi connectivity index (χ2v) is 7.68. The van der Waals surface area contributed by atoms with Gasteiger partial charge in [0.15, 0.2) is 0 Å². The summed E-state index contributed by atoms with van der Waals surface area (Å²) >= 11 is 0. The van der Waals surface area contributed by atoms with E-state index in [9.17, 15) is 14.4 Å². The number of nitrogens with zero attached hydrogens (tertiary/aromatic N) is 3. The van der Waals surface area contributed by atoms with Crippen LogP contribution in [0.2, 0.25) is 0 Å². The lowest BCUT2D eigenvalue weighted by atomic mass is 9.95. The maximum atomic E-state index is 12.9. The van der Waals surface area contributed by atoms with Crippen LogP contribution in [0.5, 0.6) is 0 Å². The zero-order valence-electron chi connectivity index (χ0n) is 16.0. The van der Waals surface area contributed by atoms with Crippen molar-refractivity contribution in [1.82, 2.24) is 19.8 Å². The number of carbonyl (C=O) groups excluding carboxylic acids is 3. The fourth-order valence-electron chi connectivity index (χ4n) is 4.02.